The molecule has 0 saturated carbocycles. The van der Waals surface area contributed by atoms with Crippen molar-refractivity contribution in [1.82, 2.24) is 20.1 Å². The van der Waals surface area contributed by atoms with Crippen LogP contribution in [0.2, 0.25) is 0 Å². The van der Waals surface area contributed by atoms with Gasteiger partial charge in [0.2, 0.25) is 5.89 Å². The van der Waals surface area contributed by atoms with Gasteiger partial charge in [-0.2, -0.15) is 5.10 Å². The number of aryl methyl sites for hydroxylation is 2. The van der Waals surface area contributed by atoms with Crippen LogP contribution in [0.25, 0.3) is 11.5 Å². The molecule has 0 unspecified atom stereocenters. The number of aromatic nitrogens is 3. The van der Waals surface area contributed by atoms with Gasteiger partial charge >= 0.3 is 0 Å². The van der Waals surface area contributed by atoms with E-state index in [2.05, 4.69) is 15.4 Å². The summed E-state index contributed by atoms with van der Waals surface area (Å²) >= 11 is 0. The summed E-state index contributed by atoms with van der Waals surface area (Å²) in [5, 5.41) is 7.01. The van der Waals surface area contributed by atoms with Gasteiger partial charge < -0.3 is 14.5 Å². The summed E-state index contributed by atoms with van der Waals surface area (Å²) in [6.45, 7) is 2.32. The fourth-order valence-corrected chi connectivity index (χ4v) is 2.51. The first kappa shape index (κ1) is 16.8. The highest BCUT2D eigenvalue weighted by molar-refractivity contribution is 5.93. The minimum Gasteiger partial charge on any atom is -0.497 e. The number of benzene rings is 1. The van der Waals surface area contributed by atoms with Crippen LogP contribution in [0.4, 0.5) is 0 Å². The smallest absolute Gasteiger partial charge is 0.272 e. The van der Waals surface area contributed by atoms with Crippen LogP contribution in [0.1, 0.15) is 21.7 Å². The van der Waals surface area contributed by atoms with Gasteiger partial charge in [-0.1, -0.05) is 0 Å². The number of amides is 1. The number of carbonyl (C=O) groups excluding carboxylic acids is 1. The predicted molar refractivity (Wildman–Crippen MR) is 92.5 cm³/mol. The van der Waals surface area contributed by atoms with Crippen LogP contribution in [0.15, 0.2) is 41.1 Å². The van der Waals surface area contributed by atoms with Gasteiger partial charge in [0.25, 0.3) is 5.91 Å². The first-order valence-corrected chi connectivity index (χ1v) is 7.94. The molecule has 3 aromatic rings. The first-order chi connectivity index (χ1) is 12.1. The molecule has 0 aliphatic carbocycles. The van der Waals surface area contributed by atoms with E-state index in [1.54, 1.807) is 25.1 Å². The van der Waals surface area contributed by atoms with Crippen LogP contribution in [-0.4, -0.2) is 34.3 Å². The number of carbonyl (C=O) groups is 1. The highest BCUT2D eigenvalue weighted by atomic mass is 16.5. The quantitative estimate of drug-likeness (QED) is 0.745. The maximum Gasteiger partial charge on any atom is 0.272 e. The lowest BCUT2D eigenvalue weighted by molar-refractivity contribution is 0.0947. The molecule has 0 fully saturated rings. The Morgan fingerprint density at radius 1 is 1.32 bits per heavy atom. The summed E-state index contributed by atoms with van der Waals surface area (Å²) < 4.78 is 12.3. The van der Waals surface area contributed by atoms with Gasteiger partial charge in [-0.3, -0.25) is 9.48 Å². The second-order valence-corrected chi connectivity index (χ2v) is 5.71. The highest BCUT2D eigenvalue weighted by Gasteiger charge is 2.13. The normalized spacial score (nSPS) is 10.7. The SMILES string of the molecule is COc1ccc(-c2nc(CCNC(=O)c3nn(C)cc3C)co2)cc1. The van der Waals surface area contributed by atoms with Gasteiger partial charge in [-0.25, -0.2) is 4.98 Å². The average molecular weight is 340 g/mol. The standard InChI is InChI=1S/C18H20N4O3/c1-12-10-22(2)21-16(12)17(23)19-9-8-14-11-25-18(20-14)13-4-6-15(24-3)7-5-13/h4-7,10-11H,8-9H2,1-3H3,(H,19,23). The van der Waals surface area contributed by atoms with E-state index in [4.69, 9.17) is 9.15 Å². The molecule has 1 aromatic carbocycles. The molecule has 0 spiro atoms. The Bertz CT molecular complexity index is 865. The molecule has 7 heteroatoms. The van der Waals surface area contributed by atoms with E-state index in [1.807, 2.05) is 37.4 Å². The molecule has 0 saturated heterocycles. The third-order valence-corrected chi connectivity index (χ3v) is 3.78. The van der Waals surface area contributed by atoms with Crippen molar-refractivity contribution in [3.8, 4) is 17.2 Å². The lowest BCUT2D eigenvalue weighted by Gasteiger charge is -2.02. The lowest BCUT2D eigenvalue weighted by Crippen LogP contribution is -2.26. The van der Waals surface area contributed by atoms with E-state index in [1.165, 1.54) is 0 Å². The van der Waals surface area contributed by atoms with Crippen molar-refractivity contribution < 1.29 is 13.9 Å². The third kappa shape index (κ3) is 3.88. The molecule has 7 nitrogen and oxygen atoms in total. The van der Waals surface area contributed by atoms with Gasteiger partial charge in [-0.05, 0) is 31.2 Å². The van der Waals surface area contributed by atoms with Crippen LogP contribution in [0, 0.1) is 6.92 Å². The van der Waals surface area contributed by atoms with Crippen LogP contribution in [-0.2, 0) is 13.5 Å². The Balaban J connectivity index is 1.56. The van der Waals surface area contributed by atoms with Gasteiger partial charge in [0.1, 0.15) is 12.0 Å². The molecule has 0 bridgehead atoms. The zero-order valence-corrected chi connectivity index (χ0v) is 14.4. The summed E-state index contributed by atoms with van der Waals surface area (Å²) in [6, 6.07) is 7.49. The molecule has 1 N–H and O–H groups in total. The molecule has 2 heterocycles. The fourth-order valence-electron chi connectivity index (χ4n) is 2.51. The van der Waals surface area contributed by atoms with E-state index in [0.29, 0.717) is 24.6 Å². The summed E-state index contributed by atoms with van der Waals surface area (Å²) in [5.41, 5.74) is 2.95. The lowest BCUT2D eigenvalue weighted by atomic mass is 10.2. The number of hydrogen-bond donors (Lipinski definition) is 1. The van der Waals surface area contributed by atoms with E-state index in [-0.39, 0.29) is 5.91 Å². The van der Waals surface area contributed by atoms with Crippen molar-refractivity contribution in [2.75, 3.05) is 13.7 Å². The third-order valence-electron chi connectivity index (χ3n) is 3.78. The zero-order chi connectivity index (χ0) is 17.8. The second-order valence-electron chi connectivity index (χ2n) is 5.71. The van der Waals surface area contributed by atoms with Crippen LogP contribution >= 0.6 is 0 Å². The maximum absolute atomic E-state index is 12.1. The number of hydrogen-bond acceptors (Lipinski definition) is 5. The number of ether oxygens (including phenoxy) is 1. The topological polar surface area (TPSA) is 82.2 Å². The van der Waals surface area contributed by atoms with Gasteiger partial charge in [-0.15, -0.1) is 0 Å². The van der Waals surface area contributed by atoms with E-state index in [0.717, 1.165) is 22.6 Å². The molecular formula is C18H20N4O3. The first-order valence-electron chi connectivity index (χ1n) is 7.94. The molecule has 3 rings (SSSR count). The molecule has 130 valence electrons. The Kier molecular flexibility index (Phi) is 4.83. The number of nitrogens with one attached hydrogen (secondary N) is 1. The van der Waals surface area contributed by atoms with Gasteiger partial charge in [0.05, 0.1) is 12.8 Å². The number of rotatable bonds is 6. The van der Waals surface area contributed by atoms with Crippen molar-refractivity contribution >= 4 is 5.91 Å². The summed E-state index contributed by atoms with van der Waals surface area (Å²) in [7, 11) is 3.42. The number of oxazole rings is 1. The number of nitrogens with zero attached hydrogens (tertiary/aromatic N) is 3. The van der Waals surface area contributed by atoms with E-state index >= 15 is 0 Å². The van der Waals surface area contributed by atoms with Crippen molar-refractivity contribution in [3.05, 3.63) is 53.7 Å². The van der Waals surface area contributed by atoms with E-state index < -0.39 is 0 Å². The van der Waals surface area contributed by atoms with Crippen molar-refractivity contribution in [1.29, 1.82) is 0 Å². The molecule has 0 atom stereocenters. The molecule has 1 amide bonds. The minimum absolute atomic E-state index is 0.183. The molecule has 25 heavy (non-hydrogen) atoms. The molecule has 0 aliphatic heterocycles. The van der Waals surface area contributed by atoms with E-state index in [9.17, 15) is 4.79 Å². The highest BCUT2D eigenvalue weighted by Crippen LogP contribution is 2.21. The van der Waals surface area contributed by atoms with Crippen molar-refractivity contribution in [3.63, 3.8) is 0 Å². The molecule has 2 aromatic heterocycles. The Labute approximate surface area is 145 Å². The fraction of sp³-hybridized carbons (Fsp3) is 0.278. The molecule has 0 aliphatic rings. The Hall–Kier alpha value is -3.09. The predicted octanol–water partition coefficient (Wildman–Crippen LogP) is 2.36. The Morgan fingerprint density at radius 2 is 2.08 bits per heavy atom. The van der Waals surface area contributed by atoms with Crippen LogP contribution in [0.5, 0.6) is 5.75 Å². The van der Waals surface area contributed by atoms with Crippen LogP contribution in [0.3, 0.4) is 0 Å². The minimum atomic E-state index is -0.183. The maximum atomic E-state index is 12.1. The molecule has 0 radical (unpaired) electrons. The largest absolute Gasteiger partial charge is 0.497 e. The average Bonchev–Trinajstić information content (AvgIpc) is 3.21. The van der Waals surface area contributed by atoms with Gasteiger partial charge in [0.15, 0.2) is 5.69 Å². The monoisotopic (exact) mass is 340 g/mol. The summed E-state index contributed by atoms with van der Waals surface area (Å²) in [6.07, 6.45) is 4.00. The summed E-state index contributed by atoms with van der Waals surface area (Å²) in [4.78, 5) is 16.6. The Morgan fingerprint density at radius 3 is 2.72 bits per heavy atom. The zero-order valence-electron chi connectivity index (χ0n) is 14.4. The number of methoxy groups -OCH3 is 1. The van der Waals surface area contributed by atoms with Crippen LogP contribution < -0.4 is 10.1 Å². The van der Waals surface area contributed by atoms with Crippen molar-refractivity contribution in [2.45, 2.75) is 13.3 Å². The summed E-state index contributed by atoms with van der Waals surface area (Å²) in [5.74, 6) is 1.14. The van der Waals surface area contributed by atoms with Crippen molar-refractivity contribution in [2.24, 2.45) is 7.05 Å². The molecular weight excluding hydrogens is 320 g/mol. The van der Waals surface area contributed by atoms with Gasteiger partial charge in [0, 0.05) is 37.3 Å². The second kappa shape index (κ2) is 7.21.